The van der Waals surface area contributed by atoms with E-state index in [-0.39, 0.29) is 0 Å². The van der Waals surface area contributed by atoms with E-state index in [4.69, 9.17) is 10.7 Å². The Morgan fingerprint density at radius 2 is 1.95 bits per heavy atom. The summed E-state index contributed by atoms with van der Waals surface area (Å²) >= 11 is 0. The van der Waals surface area contributed by atoms with E-state index in [1.54, 1.807) is 0 Å². The van der Waals surface area contributed by atoms with Crippen molar-refractivity contribution in [1.29, 1.82) is 0 Å². The second-order valence-corrected chi connectivity index (χ2v) is 5.87. The summed E-state index contributed by atoms with van der Waals surface area (Å²) in [5, 5.41) is 0. The van der Waals surface area contributed by atoms with E-state index >= 15 is 0 Å². The van der Waals surface area contributed by atoms with Crippen LogP contribution in [-0.2, 0) is 6.54 Å². The van der Waals surface area contributed by atoms with Crippen LogP contribution in [0.15, 0.2) is 12.1 Å². The maximum atomic E-state index is 5.83. The smallest absolute Gasteiger partial charge is 0.133 e. The number of piperazine rings is 1. The molecule has 4 heteroatoms. The van der Waals surface area contributed by atoms with E-state index in [1.165, 1.54) is 24.9 Å². The largest absolute Gasteiger partial charge is 0.354 e. The number of hydrogen-bond donors (Lipinski definition) is 1. The third-order valence-electron chi connectivity index (χ3n) is 4.20. The van der Waals surface area contributed by atoms with Crippen LogP contribution in [0.25, 0.3) is 0 Å². The predicted octanol–water partition coefficient (Wildman–Crippen LogP) is 1.38. The fourth-order valence-corrected chi connectivity index (χ4v) is 2.81. The SMILES string of the molecule is Cc1ccc(CN)c(N2CCN(CC3CC3)CC2)n1. The minimum absolute atomic E-state index is 0.574. The highest BCUT2D eigenvalue weighted by molar-refractivity contribution is 5.48. The van der Waals surface area contributed by atoms with Gasteiger partial charge in [-0.3, -0.25) is 4.90 Å². The van der Waals surface area contributed by atoms with E-state index in [9.17, 15) is 0 Å². The molecule has 0 atom stereocenters. The molecular formula is C15H24N4. The number of aryl methyl sites for hydroxylation is 1. The van der Waals surface area contributed by atoms with Gasteiger partial charge in [0.1, 0.15) is 5.82 Å². The fraction of sp³-hybridized carbons (Fsp3) is 0.667. The molecule has 0 unspecified atom stereocenters. The van der Waals surface area contributed by atoms with Gasteiger partial charge in [0.2, 0.25) is 0 Å². The Labute approximate surface area is 115 Å². The molecule has 0 aromatic carbocycles. The molecule has 3 rings (SSSR count). The van der Waals surface area contributed by atoms with Crippen LogP contribution in [-0.4, -0.2) is 42.6 Å². The molecule has 0 radical (unpaired) electrons. The van der Waals surface area contributed by atoms with Gasteiger partial charge >= 0.3 is 0 Å². The Morgan fingerprint density at radius 3 is 2.58 bits per heavy atom. The van der Waals surface area contributed by atoms with Gasteiger partial charge in [-0.05, 0) is 31.7 Å². The molecule has 1 aromatic rings. The van der Waals surface area contributed by atoms with Gasteiger partial charge in [0.15, 0.2) is 0 Å². The average molecular weight is 260 g/mol. The second-order valence-electron chi connectivity index (χ2n) is 5.87. The number of aromatic nitrogens is 1. The number of nitrogens with two attached hydrogens (primary N) is 1. The summed E-state index contributed by atoms with van der Waals surface area (Å²) in [6.45, 7) is 8.41. The first-order valence-corrected chi connectivity index (χ1v) is 7.40. The van der Waals surface area contributed by atoms with Gasteiger partial charge in [-0.2, -0.15) is 0 Å². The lowest BCUT2D eigenvalue weighted by Crippen LogP contribution is -2.47. The lowest BCUT2D eigenvalue weighted by atomic mass is 10.2. The van der Waals surface area contributed by atoms with Crippen molar-refractivity contribution < 1.29 is 0 Å². The third kappa shape index (κ3) is 3.07. The quantitative estimate of drug-likeness (QED) is 0.888. The molecular weight excluding hydrogens is 236 g/mol. The maximum Gasteiger partial charge on any atom is 0.133 e. The summed E-state index contributed by atoms with van der Waals surface area (Å²) in [5.41, 5.74) is 8.08. The third-order valence-corrected chi connectivity index (χ3v) is 4.20. The zero-order valence-electron chi connectivity index (χ0n) is 11.8. The van der Waals surface area contributed by atoms with E-state index < -0.39 is 0 Å². The first kappa shape index (κ1) is 12.9. The highest BCUT2D eigenvalue weighted by Gasteiger charge is 2.27. The minimum atomic E-state index is 0.574. The number of pyridine rings is 1. The van der Waals surface area contributed by atoms with Gasteiger partial charge in [0.05, 0.1) is 0 Å². The molecule has 2 heterocycles. The molecule has 2 fully saturated rings. The normalized spacial score (nSPS) is 20.8. The second kappa shape index (κ2) is 5.47. The van der Waals surface area contributed by atoms with Crippen LogP contribution in [0.1, 0.15) is 24.1 Å². The lowest BCUT2D eigenvalue weighted by molar-refractivity contribution is 0.247. The Balaban J connectivity index is 1.65. The Bertz CT molecular complexity index is 434. The van der Waals surface area contributed by atoms with Gasteiger partial charge < -0.3 is 10.6 Å². The van der Waals surface area contributed by atoms with Gasteiger partial charge in [-0.15, -0.1) is 0 Å². The van der Waals surface area contributed by atoms with Crippen molar-refractivity contribution in [1.82, 2.24) is 9.88 Å². The van der Waals surface area contributed by atoms with Crippen LogP contribution in [0.3, 0.4) is 0 Å². The van der Waals surface area contributed by atoms with Crippen LogP contribution < -0.4 is 10.6 Å². The van der Waals surface area contributed by atoms with Crippen LogP contribution in [0.2, 0.25) is 0 Å². The molecule has 4 nitrogen and oxygen atoms in total. The monoisotopic (exact) mass is 260 g/mol. The number of hydrogen-bond acceptors (Lipinski definition) is 4. The molecule has 0 bridgehead atoms. The highest BCUT2D eigenvalue weighted by Crippen LogP contribution is 2.30. The van der Waals surface area contributed by atoms with E-state index in [0.717, 1.165) is 43.6 Å². The van der Waals surface area contributed by atoms with Crippen molar-refractivity contribution in [3.63, 3.8) is 0 Å². The maximum absolute atomic E-state index is 5.83. The highest BCUT2D eigenvalue weighted by atomic mass is 15.3. The lowest BCUT2D eigenvalue weighted by Gasteiger charge is -2.36. The van der Waals surface area contributed by atoms with Crippen LogP contribution >= 0.6 is 0 Å². The molecule has 19 heavy (non-hydrogen) atoms. The minimum Gasteiger partial charge on any atom is -0.354 e. The summed E-state index contributed by atoms with van der Waals surface area (Å²) in [5.74, 6) is 2.09. The van der Waals surface area contributed by atoms with Crippen LogP contribution in [0, 0.1) is 12.8 Å². The number of anilines is 1. The van der Waals surface area contributed by atoms with Crippen molar-refractivity contribution in [2.24, 2.45) is 11.7 Å². The predicted molar refractivity (Wildman–Crippen MR) is 78.2 cm³/mol. The van der Waals surface area contributed by atoms with Crippen molar-refractivity contribution in [3.8, 4) is 0 Å². The molecule has 104 valence electrons. The van der Waals surface area contributed by atoms with E-state index in [0.29, 0.717) is 6.54 Å². The summed E-state index contributed by atoms with van der Waals surface area (Å²) in [6.07, 6.45) is 2.88. The summed E-state index contributed by atoms with van der Waals surface area (Å²) in [7, 11) is 0. The molecule has 2 N–H and O–H groups in total. The topological polar surface area (TPSA) is 45.4 Å². The zero-order chi connectivity index (χ0) is 13.2. The number of nitrogens with zero attached hydrogens (tertiary/aromatic N) is 3. The Morgan fingerprint density at radius 1 is 1.21 bits per heavy atom. The molecule has 0 spiro atoms. The molecule has 1 saturated heterocycles. The molecule has 1 saturated carbocycles. The van der Waals surface area contributed by atoms with Crippen LogP contribution in [0.4, 0.5) is 5.82 Å². The molecule has 1 aliphatic heterocycles. The number of rotatable bonds is 4. The standard InChI is InChI=1S/C15H24N4/c1-12-2-5-14(10-16)15(17-12)19-8-6-18(7-9-19)11-13-3-4-13/h2,5,13H,3-4,6-11,16H2,1H3. The van der Waals surface area contributed by atoms with Gasteiger partial charge in [-0.1, -0.05) is 6.07 Å². The van der Waals surface area contributed by atoms with E-state index in [2.05, 4.69) is 21.9 Å². The van der Waals surface area contributed by atoms with Crippen LogP contribution in [0.5, 0.6) is 0 Å². The van der Waals surface area contributed by atoms with Gasteiger partial charge in [-0.25, -0.2) is 4.98 Å². The Hall–Kier alpha value is -1.13. The van der Waals surface area contributed by atoms with Crippen molar-refractivity contribution in [3.05, 3.63) is 23.4 Å². The van der Waals surface area contributed by atoms with E-state index in [1.807, 2.05) is 6.92 Å². The summed E-state index contributed by atoms with van der Waals surface area (Å²) in [6, 6.07) is 4.17. The van der Waals surface area contributed by atoms with Gasteiger partial charge in [0.25, 0.3) is 0 Å². The molecule has 2 aliphatic rings. The average Bonchev–Trinajstić information content (AvgIpc) is 3.23. The van der Waals surface area contributed by atoms with Crippen molar-refractivity contribution in [2.75, 3.05) is 37.6 Å². The first-order chi connectivity index (χ1) is 9.26. The van der Waals surface area contributed by atoms with Crippen molar-refractivity contribution in [2.45, 2.75) is 26.3 Å². The fourth-order valence-electron chi connectivity index (χ4n) is 2.81. The molecule has 0 amide bonds. The Kier molecular flexibility index (Phi) is 3.71. The first-order valence-electron chi connectivity index (χ1n) is 7.40. The summed E-state index contributed by atoms with van der Waals surface area (Å²) in [4.78, 5) is 9.70. The zero-order valence-corrected chi connectivity index (χ0v) is 11.8. The summed E-state index contributed by atoms with van der Waals surface area (Å²) < 4.78 is 0. The van der Waals surface area contributed by atoms with Crippen molar-refractivity contribution >= 4 is 5.82 Å². The molecule has 1 aliphatic carbocycles. The van der Waals surface area contributed by atoms with Gasteiger partial charge in [0, 0.05) is 50.5 Å². The molecule has 1 aromatic heterocycles.